The van der Waals surface area contributed by atoms with Gasteiger partial charge in [0.1, 0.15) is 5.82 Å². The summed E-state index contributed by atoms with van der Waals surface area (Å²) < 4.78 is 43.5. The zero-order chi connectivity index (χ0) is 15.2. The molecule has 1 heterocycles. The summed E-state index contributed by atoms with van der Waals surface area (Å²) in [4.78, 5) is 13.2. The Labute approximate surface area is 121 Å². The lowest BCUT2D eigenvalue weighted by Gasteiger charge is -2.23. The predicted octanol–water partition coefficient (Wildman–Crippen LogP) is 3.24. The van der Waals surface area contributed by atoms with Crippen LogP contribution in [0.4, 0.5) is 18.9 Å². The molecule has 1 aromatic rings. The van der Waals surface area contributed by atoms with Crippen LogP contribution in [0.25, 0.3) is 0 Å². The summed E-state index contributed by atoms with van der Waals surface area (Å²) in [6.45, 7) is 0.641. The van der Waals surface area contributed by atoms with Gasteiger partial charge in [-0.05, 0) is 43.0 Å². The largest absolute Gasteiger partial charge is 0.381 e. The van der Waals surface area contributed by atoms with E-state index in [1.54, 1.807) is 0 Å². The highest BCUT2D eigenvalue weighted by Crippen LogP contribution is 2.22. The molecule has 3 nitrogen and oxygen atoms in total. The number of nitrogens with zero attached hydrogens (tertiary/aromatic N) is 1. The third-order valence-electron chi connectivity index (χ3n) is 3.55. The second kappa shape index (κ2) is 7.45. The van der Waals surface area contributed by atoms with Gasteiger partial charge in [0, 0.05) is 25.3 Å². The van der Waals surface area contributed by atoms with Gasteiger partial charge in [-0.3, -0.25) is 4.79 Å². The molecular weight excluding hydrogens is 283 g/mol. The predicted molar refractivity (Wildman–Crippen MR) is 72.9 cm³/mol. The molecule has 0 saturated carbocycles. The summed E-state index contributed by atoms with van der Waals surface area (Å²) in [5.41, 5.74) is 0.296. The zero-order valence-electron chi connectivity index (χ0n) is 11.6. The second-order valence-corrected chi connectivity index (χ2v) is 5.14. The Morgan fingerprint density at radius 2 is 2.05 bits per heavy atom. The third-order valence-corrected chi connectivity index (χ3v) is 3.55. The Morgan fingerprint density at radius 1 is 1.33 bits per heavy atom. The Bertz CT molecular complexity index is 458. The molecule has 1 amide bonds. The summed E-state index contributed by atoms with van der Waals surface area (Å²) in [7, 11) is 0. The maximum atomic E-state index is 12.9. The average Bonchev–Trinajstić information content (AvgIpc) is 2.96. The Kier molecular flexibility index (Phi) is 5.61. The third kappa shape index (κ3) is 4.74. The van der Waals surface area contributed by atoms with Crippen molar-refractivity contribution in [2.24, 2.45) is 5.92 Å². The van der Waals surface area contributed by atoms with E-state index in [0.29, 0.717) is 31.2 Å². The highest BCUT2D eigenvalue weighted by Gasteiger charge is 2.22. The minimum Gasteiger partial charge on any atom is -0.381 e. The molecule has 1 aliphatic heterocycles. The molecule has 0 spiro atoms. The number of rotatable bonds is 6. The number of amides is 1. The van der Waals surface area contributed by atoms with Crippen LogP contribution in [0.5, 0.6) is 0 Å². The summed E-state index contributed by atoms with van der Waals surface area (Å²) in [5.74, 6) is -0.518. The first kappa shape index (κ1) is 15.8. The summed E-state index contributed by atoms with van der Waals surface area (Å²) >= 11 is 0. The van der Waals surface area contributed by atoms with Gasteiger partial charge in [0.2, 0.25) is 5.91 Å². The molecule has 0 aliphatic carbocycles. The second-order valence-electron chi connectivity index (χ2n) is 5.14. The number of benzene rings is 1. The Balaban J connectivity index is 2.00. The molecule has 0 radical (unpaired) electrons. The molecule has 1 aromatic carbocycles. The minimum absolute atomic E-state index is 0.193. The molecule has 0 aromatic heterocycles. The molecule has 0 unspecified atom stereocenters. The van der Waals surface area contributed by atoms with Gasteiger partial charge in [0.05, 0.1) is 6.54 Å². The van der Waals surface area contributed by atoms with Crippen LogP contribution in [0.2, 0.25) is 0 Å². The maximum absolute atomic E-state index is 12.9. The monoisotopic (exact) mass is 301 g/mol. The van der Waals surface area contributed by atoms with Crippen molar-refractivity contribution in [3.8, 4) is 0 Å². The Morgan fingerprint density at radius 3 is 2.62 bits per heavy atom. The Hall–Kier alpha value is -1.56. The molecule has 0 bridgehead atoms. The van der Waals surface area contributed by atoms with Crippen LogP contribution in [0.15, 0.2) is 24.3 Å². The average molecular weight is 301 g/mol. The number of carbonyl (C=O) groups excluding carboxylic acids is 1. The van der Waals surface area contributed by atoms with Gasteiger partial charge < -0.3 is 9.64 Å². The molecule has 0 N–H and O–H groups in total. The summed E-state index contributed by atoms with van der Waals surface area (Å²) in [6, 6.07) is 5.00. The molecule has 2 rings (SSSR count). The first-order valence-electron chi connectivity index (χ1n) is 6.98. The lowest BCUT2D eigenvalue weighted by Crippen LogP contribution is -2.35. The van der Waals surface area contributed by atoms with Crippen molar-refractivity contribution in [2.45, 2.75) is 25.7 Å². The number of halogens is 3. The van der Waals surface area contributed by atoms with Gasteiger partial charge in [-0.2, -0.15) is 0 Å². The number of alkyl halides is 2. The van der Waals surface area contributed by atoms with Crippen LogP contribution in [-0.2, 0) is 9.53 Å². The summed E-state index contributed by atoms with van der Waals surface area (Å²) in [5, 5.41) is 0. The van der Waals surface area contributed by atoms with E-state index in [1.807, 2.05) is 0 Å². The molecule has 6 heteroatoms. The number of anilines is 1. The fourth-order valence-electron chi connectivity index (χ4n) is 2.38. The number of carbonyl (C=O) groups is 1. The van der Waals surface area contributed by atoms with Crippen LogP contribution in [0.3, 0.4) is 0 Å². The van der Waals surface area contributed by atoms with Crippen molar-refractivity contribution < 1.29 is 22.7 Å². The first-order valence-corrected chi connectivity index (χ1v) is 6.98. The van der Waals surface area contributed by atoms with Crippen molar-refractivity contribution in [1.29, 1.82) is 0 Å². The molecular formula is C15H18F3NO2. The van der Waals surface area contributed by atoms with Crippen LogP contribution in [0, 0.1) is 11.7 Å². The lowest BCUT2D eigenvalue weighted by atomic mass is 10.0. The molecule has 1 aliphatic rings. The highest BCUT2D eigenvalue weighted by molar-refractivity contribution is 5.93. The van der Waals surface area contributed by atoms with E-state index in [4.69, 9.17) is 4.74 Å². The maximum Gasteiger partial charge on any atom is 0.256 e. The van der Waals surface area contributed by atoms with Gasteiger partial charge in [-0.15, -0.1) is 0 Å². The summed E-state index contributed by atoms with van der Waals surface area (Å²) in [6.07, 6.45) is -0.912. The van der Waals surface area contributed by atoms with Gasteiger partial charge in [0.25, 0.3) is 6.43 Å². The van der Waals surface area contributed by atoms with Crippen LogP contribution in [-0.4, -0.2) is 32.1 Å². The normalized spacial score (nSPS) is 18.2. The number of hydrogen-bond acceptors (Lipinski definition) is 2. The topological polar surface area (TPSA) is 29.5 Å². The fraction of sp³-hybridized carbons (Fsp3) is 0.533. The van der Waals surface area contributed by atoms with E-state index in [1.165, 1.54) is 12.1 Å². The van der Waals surface area contributed by atoms with Crippen LogP contribution >= 0.6 is 0 Å². The van der Waals surface area contributed by atoms with Crippen LogP contribution in [0.1, 0.15) is 19.3 Å². The fourth-order valence-corrected chi connectivity index (χ4v) is 2.38. The first-order chi connectivity index (χ1) is 10.1. The molecule has 116 valence electrons. The molecule has 1 saturated heterocycles. The van der Waals surface area contributed by atoms with E-state index in [0.717, 1.165) is 23.5 Å². The molecule has 1 atom stereocenters. The van der Waals surface area contributed by atoms with Gasteiger partial charge in [-0.1, -0.05) is 0 Å². The molecule has 1 fully saturated rings. The number of ether oxygens (including phenoxy) is 1. The van der Waals surface area contributed by atoms with Gasteiger partial charge in [-0.25, -0.2) is 13.2 Å². The van der Waals surface area contributed by atoms with Crippen molar-refractivity contribution in [2.75, 3.05) is 24.7 Å². The van der Waals surface area contributed by atoms with Crippen molar-refractivity contribution in [3.63, 3.8) is 0 Å². The van der Waals surface area contributed by atoms with Crippen LogP contribution < -0.4 is 4.90 Å². The van der Waals surface area contributed by atoms with E-state index in [9.17, 15) is 18.0 Å². The smallest absolute Gasteiger partial charge is 0.256 e. The molecule has 21 heavy (non-hydrogen) atoms. The number of hydrogen-bond donors (Lipinski definition) is 0. The quantitative estimate of drug-likeness (QED) is 0.807. The highest BCUT2D eigenvalue weighted by atomic mass is 19.3. The lowest BCUT2D eigenvalue weighted by molar-refractivity contribution is -0.119. The minimum atomic E-state index is -2.63. The van der Waals surface area contributed by atoms with Crippen molar-refractivity contribution >= 4 is 11.6 Å². The van der Waals surface area contributed by atoms with E-state index >= 15 is 0 Å². The SMILES string of the molecule is O=C(CC[C@H]1CCOC1)N(CC(F)F)c1ccc(F)cc1. The van der Waals surface area contributed by atoms with Gasteiger partial charge >= 0.3 is 0 Å². The van der Waals surface area contributed by atoms with E-state index in [-0.39, 0.29) is 12.3 Å². The zero-order valence-corrected chi connectivity index (χ0v) is 11.6. The van der Waals surface area contributed by atoms with E-state index < -0.39 is 18.8 Å². The van der Waals surface area contributed by atoms with Crippen molar-refractivity contribution in [3.05, 3.63) is 30.1 Å². The van der Waals surface area contributed by atoms with Crippen molar-refractivity contribution in [1.82, 2.24) is 0 Å². The van der Waals surface area contributed by atoms with E-state index in [2.05, 4.69) is 0 Å². The van der Waals surface area contributed by atoms with Gasteiger partial charge in [0.15, 0.2) is 0 Å². The standard InChI is InChI=1S/C15H18F3NO2/c16-12-2-4-13(5-3-12)19(9-14(17)18)15(20)6-1-11-7-8-21-10-11/h2-5,11,14H,1,6-10H2/t11-/m0/s1.